The van der Waals surface area contributed by atoms with Gasteiger partial charge in [-0.2, -0.15) is 0 Å². The number of hydrogen-bond acceptors (Lipinski definition) is 4. The Bertz CT molecular complexity index is 1010. The number of methoxy groups -OCH3 is 1. The molecule has 172 valence electrons. The van der Waals surface area contributed by atoms with Crippen molar-refractivity contribution in [2.24, 2.45) is 5.92 Å². The highest BCUT2D eigenvalue weighted by Gasteiger charge is 2.21. The van der Waals surface area contributed by atoms with Crippen molar-refractivity contribution in [2.45, 2.75) is 59.0 Å². The van der Waals surface area contributed by atoms with E-state index in [4.69, 9.17) is 14.5 Å². The number of unbranched alkanes of at least 4 members (excludes halogenated alkanes) is 1. The molecule has 1 unspecified atom stereocenters. The molecule has 0 aliphatic rings. The number of fused-ring (bicyclic) bond motifs is 1. The van der Waals surface area contributed by atoms with Gasteiger partial charge in [0.2, 0.25) is 5.91 Å². The van der Waals surface area contributed by atoms with Crippen molar-refractivity contribution in [1.82, 2.24) is 14.9 Å². The molecule has 0 fully saturated rings. The second kappa shape index (κ2) is 11.6. The van der Waals surface area contributed by atoms with Gasteiger partial charge in [-0.25, -0.2) is 4.98 Å². The monoisotopic (exact) mass is 437 g/mol. The number of hydrogen-bond donors (Lipinski definition) is 1. The van der Waals surface area contributed by atoms with Crippen molar-refractivity contribution in [3.05, 3.63) is 54.4 Å². The number of aromatic nitrogens is 2. The lowest BCUT2D eigenvalue weighted by Crippen LogP contribution is -2.33. The highest BCUT2D eigenvalue weighted by molar-refractivity contribution is 5.79. The summed E-state index contributed by atoms with van der Waals surface area (Å²) in [6.07, 6.45) is 3.56. The first-order chi connectivity index (χ1) is 15.6. The Morgan fingerprint density at radius 3 is 2.56 bits per heavy atom. The van der Waals surface area contributed by atoms with E-state index in [1.807, 2.05) is 49.4 Å². The predicted octanol–water partition coefficient (Wildman–Crippen LogP) is 5.52. The molecule has 1 atom stereocenters. The molecule has 0 spiro atoms. The second-order valence-corrected chi connectivity index (χ2v) is 8.09. The first-order valence-corrected chi connectivity index (χ1v) is 11.6. The summed E-state index contributed by atoms with van der Waals surface area (Å²) in [6.45, 7) is 7.59. The van der Waals surface area contributed by atoms with Gasteiger partial charge in [0, 0.05) is 18.5 Å². The summed E-state index contributed by atoms with van der Waals surface area (Å²) in [6, 6.07) is 15.7. The molecule has 3 aromatic rings. The van der Waals surface area contributed by atoms with Gasteiger partial charge >= 0.3 is 0 Å². The number of carbonyl (C=O) groups is 1. The number of aryl methyl sites for hydroxylation is 1. The van der Waals surface area contributed by atoms with E-state index in [0.29, 0.717) is 6.61 Å². The molecule has 1 N–H and O–H groups in total. The number of imidazole rings is 1. The van der Waals surface area contributed by atoms with Gasteiger partial charge in [-0.05, 0) is 56.9 Å². The zero-order chi connectivity index (χ0) is 22.9. The van der Waals surface area contributed by atoms with Crippen LogP contribution in [0.4, 0.5) is 0 Å². The van der Waals surface area contributed by atoms with Crippen LogP contribution in [0.3, 0.4) is 0 Å². The lowest BCUT2D eigenvalue weighted by molar-refractivity contribution is -0.125. The molecular formula is C26H35N3O3. The van der Waals surface area contributed by atoms with Crippen LogP contribution in [0.1, 0.15) is 58.3 Å². The third-order valence-corrected chi connectivity index (χ3v) is 5.87. The number of amides is 1. The molecule has 1 amide bonds. The van der Waals surface area contributed by atoms with Crippen molar-refractivity contribution >= 4 is 16.9 Å². The fraction of sp³-hybridized carbons (Fsp3) is 0.462. The maximum absolute atomic E-state index is 12.6. The lowest BCUT2D eigenvalue weighted by atomic mass is 10.0. The lowest BCUT2D eigenvalue weighted by Gasteiger charge is -2.19. The average molecular weight is 438 g/mol. The average Bonchev–Trinajstić information content (AvgIpc) is 3.18. The minimum Gasteiger partial charge on any atom is -0.497 e. The molecule has 0 aliphatic carbocycles. The van der Waals surface area contributed by atoms with E-state index >= 15 is 0 Å². The molecule has 0 radical (unpaired) electrons. The Hall–Kier alpha value is -3.02. The Kier molecular flexibility index (Phi) is 8.54. The van der Waals surface area contributed by atoms with Gasteiger partial charge in [-0.3, -0.25) is 4.79 Å². The van der Waals surface area contributed by atoms with Gasteiger partial charge in [0.1, 0.15) is 17.3 Å². The summed E-state index contributed by atoms with van der Waals surface area (Å²) in [7, 11) is 1.65. The number of nitrogens with one attached hydrogen (secondary N) is 1. The van der Waals surface area contributed by atoms with Crippen LogP contribution < -0.4 is 14.8 Å². The fourth-order valence-electron chi connectivity index (χ4n) is 3.97. The van der Waals surface area contributed by atoms with Crippen LogP contribution in [0, 0.1) is 5.92 Å². The van der Waals surface area contributed by atoms with E-state index in [9.17, 15) is 4.79 Å². The van der Waals surface area contributed by atoms with E-state index in [-0.39, 0.29) is 17.9 Å². The maximum atomic E-state index is 12.6. The number of nitrogens with zero attached hydrogens (tertiary/aromatic N) is 2. The standard InChI is InChI=1S/C26H35N3O3/c1-5-20(6-2)26(30)27-19(3)25-28-23-14-7-8-15-24(23)29(25)16-9-10-17-32-22-13-11-12-21(18-22)31-4/h7-8,11-15,18-20H,5-6,9-10,16-17H2,1-4H3,(H,27,30). The van der Waals surface area contributed by atoms with Gasteiger partial charge in [0.15, 0.2) is 0 Å². The van der Waals surface area contributed by atoms with Gasteiger partial charge in [0.25, 0.3) is 0 Å². The number of para-hydroxylation sites is 2. The van der Waals surface area contributed by atoms with Gasteiger partial charge in [-0.15, -0.1) is 0 Å². The second-order valence-electron chi connectivity index (χ2n) is 8.09. The van der Waals surface area contributed by atoms with E-state index in [2.05, 4.69) is 29.8 Å². The van der Waals surface area contributed by atoms with Crippen LogP contribution in [0.2, 0.25) is 0 Å². The summed E-state index contributed by atoms with van der Waals surface area (Å²) in [5, 5.41) is 3.17. The molecule has 1 aromatic heterocycles. The van der Waals surface area contributed by atoms with E-state index in [1.54, 1.807) is 7.11 Å². The molecule has 0 saturated carbocycles. The highest BCUT2D eigenvalue weighted by Crippen LogP contribution is 2.23. The normalized spacial score (nSPS) is 12.2. The first kappa shape index (κ1) is 23.6. The zero-order valence-electron chi connectivity index (χ0n) is 19.6. The quantitative estimate of drug-likeness (QED) is 0.379. The number of carbonyl (C=O) groups excluding carboxylic acids is 1. The largest absolute Gasteiger partial charge is 0.497 e. The summed E-state index contributed by atoms with van der Waals surface area (Å²) < 4.78 is 13.4. The molecule has 1 heterocycles. The van der Waals surface area contributed by atoms with Crippen molar-refractivity contribution in [3.8, 4) is 11.5 Å². The van der Waals surface area contributed by atoms with Crippen molar-refractivity contribution in [3.63, 3.8) is 0 Å². The van der Waals surface area contributed by atoms with Crippen LogP contribution in [0.15, 0.2) is 48.5 Å². The molecule has 0 aliphatic heterocycles. The zero-order valence-corrected chi connectivity index (χ0v) is 19.6. The van der Waals surface area contributed by atoms with Crippen molar-refractivity contribution in [1.29, 1.82) is 0 Å². The van der Waals surface area contributed by atoms with E-state index < -0.39 is 0 Å². The van der Waals surface area contributed by atoms with Gasteiger partial charge < -0.3 is 19.4 Å². The van der Waals surface area contributed by atoms with Crippen LogP contribution in [0.25, 0.3) is 11.0 Å². The van der Waals surface area contributed by atoms with Gasteiger partial charge in [-0.1, -0.05) is 32.0 Å². The minimum atomic E-state index is -0.150. The molecule has 0 saturated heterocycles. The highest BCUT2D eigenvalue weighted by atomic mass is 16.5. The molecule has 6 nitrogen and oxygen atoms in total. The molecule has 3 rings (SSSR count). The Morgan fingerprint density at radius 2 is 1.81 bits per heavy atom. The van der Waals surface area contributed by atoms with Crippen molar-refractivity contribution < 1.29 is 14.3 Å². The van der Waals surface area contributed by atoms with E-state index in [0.717, 1.165) is 60.6 Å². The topological polar surface area (TPSA) is 65.4 Å². The Balaban J connectivity index is 1.64. The summed E-state index contributed by atoms with van der Waals surface area (Å²) in [4.78, 5) is 17.5. The predicted molar refractivity (Wildman–Crippen MR) is 128 cm³/mol. The third-order valence-electron chi connectivity index (χ3n) is 5.87. The number of ether oxygens (including phenoxy) is 2. The van der Waals surface area contributed by atoms with Crippen LogP contribution in [-0.2, 0) is 11.3 Å². The molecule has 32 heavy (non-hydrogen) atoms. The SMILES string of the molecule is CCC(CC)C(=O)NC(C)c1nc2ccccc2n1CCCCOc1cccc(OC)c1. The number of benzene rings is 2. The maximum Gasteiger partial charge on any atom is 0.223 e. The molecule has 6 heteroatoms. The summed E-state index contributed by atoms with van der Waals surface area (Å²) >= 11 is 0. The van der Waals surface area contributed by atoms with Crippen LogP contribution in [0.5, 0.6) is 11.5 Å². The van der Waals surface area contributed by atoms with Crippen LogP contribution in [-0.4, -0.2) is 29.2 Å². The smallest absolute Gasteiger partial charge is 0.223 e. The summed E-state index contributed by atoms with van der Waals surface area (Å²) in [5.41, 5.74) is 2.05. The molecule has 2 aromatic carbocycles. The van der Waals surface area contributed by atoms with Crippen LogP contribution >= 0.6 is 0 Å². The minimum absolute atomic E-state index is 0.0454. The van der Waals surface area contributed by atoms with Gasteiger partial charge in [0.05, 0.1) is 30.8 Å². The first-order valence-electron chi connectivity index (χ1n) is 11.6. The molecule has 0 bridgehead atoms. The number of rotatable bonds is 12. The van der Waals surface area contributed by atoms with E-state index in [1.165, 1.54) is 0 Å². The fourth-order valence-corrected chi connectivity index (χ4v) is 3.97. The summed E-state index contributed by atoms with van der Waals surface area (Å²) in [5.74, 6) is 2.66. The Morgan fingerprint density at radius 1 is 1.06 bits per heavy atom. The molecular weight excluding hydrogens is 402 g/mol. The Labute approximate surface area is 190 Å². The third kappa shape index (κ3) is 5.81. The van der Waals surface area contributed by atoms with Crippen molar-refractivity contribution in [2.75, 3.05) is 13.7 Å².